The molecule has 1 nitrogen and oxygen atoms in total. The standard InChI is InChI=1S/C48H26OS2/c1-2-10-30-27(9-1)17-20-36-39-25-40-38-24-29(19-22-43(38)50-44(40)26-45(39)51-48(30)36)47-34-14-5-3-12-32(34)46(33-13-4-6-15-35(33)47)28-18-21-42-37(23-28)31-11-7-8-16-41(31)49-42/h1-26H. The van der Waals surface area contributed by atoms with Crippen molar-refractivity contribution in [3.63, 3.8) is 0 Å². The summed E-state index contributed by atoms with van der Waals surface area (Å²) in [5.41, 5.74) is 6.84. The molecule has 12 rings (SSSR count). The predicted molar refractivity (Wildman–Crippen MR) is 223 cm³/mol. The van der Waals surface area contributed by atoms with Gasteiger partial charge in [-0.15, -0.1) is 22.7 Å². The molecule has 3 heterocycles. The summed E-state index contributed by atoms with van der Waals surface area (Å²) in [6.45, 7) is 0. The number of hydrogen-bond donors (Lipinski definition) is 0. The van der Waals surface area contributed by atoms with Crippen molar-refractivity contribution in [1.29, 1.82) is 0 Å². The number of para-hydroxylation sites is 1. The van der Waals surface area contributed by atoms with E-state index in [2.05, 4.69) is 152 Å². The first kappa shape index (κ1) is 27.8. The lowest BCUT2D eigenvalue weighted by Gasteiger charge is -2.18. The lowest BCUT2D eigenvalue weighted by atomic mass is 9.85. The second-order valence-corrected chi connectivity index (χ2v) is 15.7. The third-order valence-corrected chi connectivity index (χ3v) is 13.2. The van der Waals surface area contributed by atoms with Crippen LogP contribution in [0, 0.1) is 0 Å². The maximum atomic E-state index is 6.21. The highest BCUT2D eigenvalue weighted by Crippen LogP contribution is 2.48. The molecule has 0 unspecified atom stereocenters. The highest BCUT2D eigenvalue weighted by Gasteiger charge is 2.19. The molecule has 0 saturated carbocycles. The maximum Gasteiger partial charge on any atom is 0.135 e. The summed E-state index contributed by atoms with van der Waals surface area (Å²) in [4.78, 5) is 0. The van der Waals surface area contributed by atoms with Gasteiger partial charge in [0, 0.05) is 51.1 Å². The van der Waals surface area contributed by atoms with Gasteiger partial charge in [-0.05, 0) is 97.0 Å². The van der Waals surface area contributed by atoms with E-state index in [-0.39, 0.29) is 0 Å². The van der Waals surface area contributed by atoms with Gasteiger partial charge >= 0.3 is 0 Å². The molecule has 9 aromatic carbocycles. The SMILES string of the molecule is c1ccc2c(c1)ccc1c3cc4c(cc3sc21)sc1ccc(-c2c3ccccc3c(-c3ccc5oc6ccccc6c5c3)c3ccccc23)cc14. The van der Waals surface area contributed by atoms with Crippen LogP contribution in [0.2, 0.25) is 0 Å². The van der Waals surface area contributed by atoms with Gasteiger partial charge in [0.15, 0.2) is 0 Å². The van der Waals surface area contributed by atoms with Crippen molar-refractivity contribution in [1.82, 2.24) is 0 Å². The quantitative estimate of drug-likeness (QED) is 0.165. The van der Waals surface area contributed by atoms with Gasteiger partial charge in [0.25, 0.3) is 0 Å². The molecule has 12 aromatic rings. The zero-order valence-corrected chi connectivity index (χ0v) is 28.9. The minimum absolute atomic E-state index is 0.919. The Kier molecular flexibility index (Phi) is 5.59. The zero-order chi connectivity index (χ0) is 33.2. The molecule has 3 heteroatoms. The van der Waals surface area contributed by atoms with Gasteiger partial charge in [-0.2, -0.15) is 0 Å². The number of hydrogen-bond acceptors (Lipinski definition) is 3. The molecule has 51 heavy (non-hydrogen) atoms. The normalized spacial score (nSPS) is 12.3. The van der Waals surface area contributed by atoms with Crippen LogP contribution in [0.15, 0.2) is 162 Å². The van der Waals surface area contributed by atoms with Crippen molar-refractivity contribution < 1.29 is 4.42 Å². The van der Waals surface area contributed by atoms with Gasteiger partial charge < -0.3 is 4.42 Å². The molecule has 0 amide bonds. The maximum absolute atomic E-state index is 6.21. The highest BCUT2D eigenvalue weighted by atomic mass is 32.1. The van der Waals surface area contributed by atoms with Crippen molar-refractivity contribution in [2.75, 3.05) is 0 Å². The van der Waals surface area contributed by atoms with E-state index in [1.54, 1.807) is 0 Å². The van der Waals surface area contributed by atoms with Crippen LogP contribution in [0.4, 0.5) is 0 Å². The van der Waals surface area contributed by atoms with E-state index in [0.29, 0.717) is 0 Å². The first-order valence-corrected chi connectivity index (χ1v) is 19.0. The van der Waals surface area contributed by atoms with Crippen molar-refractivity contribution >= 4 is 117 Å². The molecule has 0 radical (unpaired) electrons. The van der Waals surface area contributed by atoms with E-state index in [1.165, 1.54) is 94.9 Å². The highest BCUT2D eigenvalue weighted by molar-refractivity contribution is 7.28. The molecule has 0 spiro atoms. The summed E-state index contributed by atoms with van der Waals surface area (Å²) >= 11 is 3.82. The van der Waals surface area contributed by atoms with Crippen LogP contribution in [0.5, 0.6) is 0 Å². The molecule has 0 fully saturated rings. The van der Waals surface area contributed by atoms with Gasteiger partial charge in [-0.3, -0.25) is 0 Å². The first-order chi connectivity index (χ1) is 25.3. The lowest BCUT2D eigenvalue weighted by molar-refractivity contribution is 0.669. The van der Waals surface area contributed by atoms with E-state index < -0.39 is 0 Å². The number of furan rings is 1. The van der Waals surface area contributed by atoms with Crippen LogP contribution >= 0.6 is 22.7 Å². The van der Waals surface area contributed by atoms with E-state index >= 15 is 0 Å². The Morgan fingerprint density at radius 3 is 1.61 bits per heavy atom. The average molecular weight is 683 g/mol. The van der Waals surface area contributed by atoms with Gasteiger partial charge in [-0.25, -0.2) is 0 Å². The van der Waals surface area contributed by atoms with Crippen molar-refractivity contribution in [3.8, 4) is 22.3 Å². The number of fused-ring (bicyclic) bond motifs is 13. The topological polar surface area (TPSA) is 13.1 Å². The molecule has 0 aliphatic rings. The minimum Gasteiger partial charge on any atom is -0.456 e. The smallest absolute Gasteiger partial charge is 0.135 e. The van der Waals surface area contributed by atoms with Crippen molar-refractivity contribution in [2.24, 2.45) is 0 Å². The van der Waals surface area contributed by atoms with Crippen LogP contribution in [0.3, 0.4) is 0 Å². The number of rotatable bonds is 2. The fourth-order valence-corrected chi connectivity index (χ4v) is 11.0. The van der Waals surface area contributed by atoms with E-state index in [4.69, 9.17) is 4.42 Å². The van der Waals surface area contributed by atoms with Crippen LogP contribution in [0.25, 0.3) is 117 Å². The van der Waals surface area contributed by atoms with Gasteiger partial charge in [0.05, 0.1) is 0 Å². The second kappa shape index (κ2) is 10.3. The molecule has 3 aromatic heterocycles. The zero-order valence-electron chi connectivity index (χ0n) is 27.2. The van der Waals surface area contributed by atoms with E-state index in [0.717, 1.165) is 21.9 Å². The fraction of sp³-hybridized carbons (Fsp3) is 0. The van der Waals surface area contributed by atoms with Crippen molar-refractivity contribution in [3.05, 3.63) is 158 Å². The largest absolute Gasteiger partial charge is 0.456 e. The Balaban J connectivity index is 1.11. The number of thiophene rings is 2. The Labute approximate surface area is 300 Å². The summed E-state index contributed by atoms with van der Waals surface area (Å²) in [7, 11) is 0. The van der Waals surface area contributed by atoms with Crippen LogP contribution in [-0.2, 0) is 0 Å². The van der Waals surface area contributed by atoms with Crippen LogP contribution in [-0.4, -0.2) is 0 Å². The Bertz CT molecular complexity index is 3370. The lowest BCUT2D eigenvalue weighted by Crippen LogP contribution is -1.90. The Hall–Kier alpha value is -6.00. The Morgan fingerprint density at radius 2 is 0.863 bits per heavy atom. The molecule has 0 aliphatic heterocycles. The van der Waals surface area contributed by atoms with Gasteiger partial charge in [-0.1, -0.05) is 115 Å². The summed E-state index contributed by atoms with van der Waals surface area (Å²) in [6.07, 6.45) is 0. The third-order valence-electron chi connectivity index (χ3n) is 10.8. The molecule has 236 valence electrons. The van der Waals surface area contributed by atoms with Crippen LogP contribution in [0.1, 0.15) is 0 Å². The monoisotopic (exact) mass is 682 g/mol. The fourth-order valence-electron chi connectivity index (χ4n) is 8.56. The van der Waals surface area contributed by atoms with Crippen LogP contribution < -0.4 is 0 Å². The Morgan fingerprint density at radius 1 is 0.314 bits per heavy atom. The first-order valence-electron chi connectivity index (χ1n) is 17.3. The minimum atomic E-state index is 0.919. The predicted octanol–water partition coefficient (Wildman–Crippen LogP) is 15.1. The summed E-state index contributed by atoms with van der Waals surface area (Å²) < 4.78 is 11.6. The summed E-state index contributed by atoms with van der Waals surface area (Å²) in [5.74, 6) is 0. The molecule has 0 bridgehead atoms. The summed E-state index contributed by atoms with van der Waals surface area (Å²) in [5, 5.41) is 15.3. The van der Waals surface area contributed by atoms with Gasteiger partial charge in [0.2, 0.25) is 0 Å². The van der Waals surface area contributed by atoms with Gasteiger partial charge in [0.1, 0.15) is 11.2 Å². The average Bonchev–Trinajstić information content (AvgIpc) is 3.86. The molecular formula is C48H26OS2. The molecule has 0 aliphatic carbocycles. The third kappa shape index (κ3) is 3.90. The number of benzene rings is 9. The van der Waals surface area contributed by atoms with E-state index in [9.17, 15) is 0 Å². The molecule has 0 atom stereocenters. The molecule has 0 N–H and O–H groups in total. The molecular weight excluding hydrogens is 657 g/mol. The van der Waals surface area contributed by atoms with E-state index in [1.807, 2.05) is 28.7 Å². The second-order valence-electron chi connectivity index (χ2n) is 13.6. The molecule has 0 saturated heterocycles. The summed E-state index contributed by atoms with van der Waals surface area (Å²) in [6, 6.07) is 58.2. The van der Waals surface area contributed by atoms with Crippen molar-refractivity contribution in [2.45, 2.75) is 0 Å².